The molecule has 2 rings (SSSR count). The second-order valence-corrected chi connectivity index (χ2v) is 3.44. The van der Waals surface area contributed by atoms with Crippen molar-refractivity contribution in [2.75, 3.05) is 5.32 Å². The van der Waals surface area contributed by atoms with Crippen LogP contribution in [0.15, 0.2) is 54.6 Å². The molecule has 0 fully saturated rings. The highest BCUT2D eigenvalue weighted by molar-refractivity contribution is 6.05. The number of amides is 1. The van der Waals surface area contributed by atoms with E-state index in [0.29, 0.717) is 16.9 Å². The van der Waals surface area contributed by atoms with Gasteiger partial charge in [0, 0.05) is 11.6 Å². The van der Waals surface area contributed by atoms with E-state index in [4.69, 9.17) is 5.39 Å². The minimum atomic E-state index is -0.235. The lowest BCUT2D eigenvalue weighted by Gasteiger charge is -2.02. The number of anilines is 1. The molecule has 0 saturated carbocycles. The Labute approximate surface area is 111 Å². The predicted octanol–water partition coefficient (Wildman–Crippen LogP) is 0.427. The molecule has 0 bridgehead atoms. The first-order chi connectivity index (χ1) is 8.31. The van der Waals surface area contributed by atoms with Crippen LogP contribution in [0.5, 0.6) is 0 Å². The van der Waals surface area contributed by atoms with Crippen molar-refractivity contribution in [2.24, 2.45) is 0 Å². The van der Waals surface area contributed by atoms with Crippen LogP contribution in [-0.2, 0) is 0 Å². The summed E-state index contributed by atoms with van der Waals surface area (Å²) in [7, 11) is 0. The van der Waals surface area contributed by atoms with E-state index in [2.05, 4.69) is 10.3 Å². The largest absolute Gasteiger partial charge is 1.00 e. The highest BCUT2D eigenvalue weighted by Gasteiger charge is 2.15. The van der Waals surface area contributed by atoms with E-state index < -0.39 is 0 Å². The third-order valence-electron chi connectivity index (χ3n) is 2.30. The minimum absolute atomic E-state index is 0. The maximum absolute atomic E-state index is 11.8. The van der Waals surface area contributed by atoms with Crippen LogP contribution in [0.3, 0.4) is 0 Å². The summed E-state index contributed by atoms with van der Waals surface area (Å²) < 4.78 is 0. The number of carbonyl (C=O) groups excluding carboxylic acids is 1. The van der Waals surface area contributed by atoms with Gasteiger partial charge in [0.05, 0.1) is 0 Å². The molecule has 0 radical (unpaired) electrons. The molecule has 0 saturated heterocycles. The second kappa shape index (κ2) is 6.38. The standard InChI is InChI=1S/C13H9N3O.ClH/c14-16-12-9-5-4-8-11(12)15-13(17)10-6-2-1-3-7-10;/h1-9H;1H. The Bertz CT molecular complexity index is 578. The summed E-state index contributed by atoms with van der Waals surface area (Å²) in [5.74, 6) is -0.235. The van der Waals surface area contributed by atoms with Gasteiger partial charge in [-0.1, -0.05) is 30.3 Å². The molecule has 0 heterocycles. The van der Waals surface area contributed by atoms with Gasteiger partial charge in [0.15, 0.2) is 4.98 Å². The lowest BCUT2D eigenvalue weighted by Crippen LogP contribution is -3.00. The van der Waals surface area contributed by atoms with Gasteiger partial charge in [-0.15, -0.1) is 0 Å². The zero-order valence-corrected chi connectivity index (χ0v) is 10.1. The van der Waals surface area contributed by atoms with Crippen LogP contribution in [0.25, 0.3) is 4.98 Å². The first-order valence-electron chi connectivity index (χ1n) is 5.12. The molecule has 1 N–H and O–H groups in total. The van der Waals surface area contributed by atoms with Crippen LogP contribution < -0.4 is 17.7 Å². The number of nitrogens with zero attached hydrogens (tertiary/aromatic N) is 2. The molecular weight excluding hydrogens is 250 g/mol. The lowest BCUT2D eigenvalue weighted by molar-refractivity contribution is -0.0000112. The zero-order chi connectivity index (χ0) is 12.1. The molecular formula is C13H10ClN3O. The third-order valence-corrected chi connectivity index (χ3v) is 2.30. The summed E-state index contributed by atoms with van der Waals surface area (Å²) in [6, 6.07) is 15.6. The summed E-state index contributed by atoms with van der Waals surface area (Å²) in [4.78, 5) is 15.0. The average Bonchev–Trinajstić information content (AvgIpc) is 2.40. The summed E-state index contributed by atoms with van der Waals surface area (Å²) in [6.45, 7) is 0. The molecule has 0 aliphatic carbocycles. The molecule has 90 valence electrons. The fourth-order valence-corrected chi connectivity index (χ4v) is 1.45. The molecule has 0 spiro atoms. The SMILES string of the molecule is N#[N+]c1ccccc1NC(=O)c1ccccc1.[Cl-]. The summed E-state index contributed by atoms with van der Waals surface area (Å²) in [5, 5.41) is 11.5. The maximum Gasteiger partial charge on any atom is 0.408 e. The third kappa shape index (κ3) is 3.06. The Morgan fingerprint density at radius 3 is 2.28 bits per heavy atom. The van der Waals surface area contributed by atoms with Gasteiger partial charge in [-0.05, 0) is 18.2 Å². The number of carbonyl (C=O) groups is 1. The van der Waals surface area contributed by atoms with E-state index >= 15 is 0 Å². The molecule has 18 heavy (non-hydrogen) atoms. The number of benzene rings is 2. The van der Waals surface area contributed by atoms with E-state index in [9.17, 15) is 4.79 Å². The van der Waals surface area contributed by atoms with Crippen molar-refractivity contribution in [3.05, 3.63) is 65.1 Å². The van der Waals surface area contributed by atoms with Crippen molar-refractivity contribution >= 4 is 17.3 Å². The molecule has 5 heteroatoms. The Morgan fingerprint density at radius 1 is 1.00 bits per heavy atom. The van der Waals surface area contributed by atoms with Crippen LogP contribution in [0.2, 0.25) is 0 Å². The molecule has 0 aromatic heterocycles. The lowest BCUT2D eigenvalue weighted by atomic mass is 10.2. The van der Waals surface area contributed by atoms with E-state index in [1.54, 1.807) is 48.5 Å². The molecule has 2 aromatic rings. The molecule has 1 amide bonds. The number of diazo groups is 1. The highest BCUT2D eigenvalue weighted by atomic mass is 35.5. The van der Waals surface area contributed by atoms with Gasteiger partial charge in [0.2, 0.25) is 5.39 Å². The molecule has 2 aromatic carbocycles. The normalized spacial score (nSPS) is 8.83. The fourth-order valence-electron chi connectivity index (χ4n) is 1.45. The van der Waals surface area contributed by atoms with Gasteiger partial charge in [-0.25, -0.2) is 0 Å². The van der Waals surface area contributed by atoms with Gasteiger partial charge in [0.1, 0.15) is 5.69 Å². The van der Waals surface area contributed by atoms with Gasteiger partial charge < -0.3 is 17.7 Å². The van der Waals surface area contributed by atoms with Gasteiger partial charge in [-0.2, -0.15) is 0 Å². The fraction of sp³-hybridized carbons (Fsp3) is 0. The van der Waals surface area contributed by atoms with Crippen LogP contribution in [0.1, 0.15) is 10.4 Å². The molecule has 0 unspecified atom stereocenters. The average molecular weight is 260 g/mol. The van der Waals surface area contributed by atoms with E-state index in [-0.39, 0.29) is 18.3 Å². The minimum Gasteiger partial charge on any atom is -1.00 e. The van der Waals surface area contributed by atoms with Crippen LogP contribution in [0.4, 0.5) is 11.4 Å². The van der Waals surface area contributed by atoms with Crippen LogP contribution in [-0.4, -0.2) is 5.91 Å². The summed E-state index contributed by atoms with van der Waals surface area (Å²) in [5.41, 5.74) is 1.36. The van der Waals surface area contributed by atoms with Crippen molar-refractivity contribution < 1.29 is 17.2 Å². The van der Waals surface area contributed by atoms with Crippen LogP contribution in [0, 0.1) is 5.39 Å². The zero-order valence-electron chi connectivity index (χ0n) is 9.38. The van der Waals surface area contributed by atoms with Crippen LogP contribution >= 0.6 is 0 Å². The Morgan fingerprint density at radius 2 is 1.61 bits per heavy atom. The number of para-hydroxylation sites is 1. The van der Waals surface area contributed by atoms with Crippen molar-refractivity contribution in [2.45, 2.75) is 0 Å². The Balaban J connectivity index is 0.00000162. The quantitative estimate of drug-likeness (QED) is 0.795. The van der Waals surface area contributed by atoms with Gasteiger partial charge in [0.25, 0.3) is 5.91 Å². The van der Waals surface area contributed by atoms with Crippen molar-refractivity contribution in [1.82, 2.24) is 0 Å². The Hall–Kier alpha value is -2.38. The number of hydrogen-bond donors (Lipinski definition) is 1. The summed E-state index contributed by atoms with van der Waals surface area (Å²) in [6.07, 6.45) is 0. The monoisotopic (exact) mass is 259 g/mol. The van der Waals surface area contributed by atoms with Crippen molar-refractivity contribution in [3.8, 4) is 0 Å². The maximum atomic E-state index is 11.8. The Kier molecular flexibility index (Phi) is 4.85. The van der Waals surface area contributed by atoms with Gasteiger partial charge >= 0.3 is 5.69 Å². The molecule has 0 atom stereocenters. The molecule has 0 aliphatic heterocycles. The predicted molar refractivity (Wildman–Crippen MR) is 65.6 cm³/mol. The number of halogens is 1. The van der Waals surface area contributed by atoms with E-state index in [0.717, 1.165) is 0 Å². The van der Waals surface area contributed by atoms with Crippen molar-refractivity contribution in [1.29, 1.82) is 5.39 Å². The number of hydrogen-bond acceptors (Lipinski definition) is 2. The topological polar surface area (TPSA) is 57.2 Å². The van der Waals surface area contributed by atoms with E-state index in [1.807, 2.05) is 6.07 Å². The first-order valence-corrected chi connectivity index (χ1v) is 5.12. The van der Waals surface area contributed by atoms with Gasteiger partial charge in [-0.3, -0.25) is 4.79 Å². The second-order valence-electron chi connectivity index (χ2n) is 3.44. The smallest absolute Gasteiger partial charge is 0.408 e. The van der Waals surface area contributed by atoms with E-state index in [1.165, 1.54) is 0 Å². The molecule has 0 aliphatic rings. The number of nitrogens with one attached hydrogen (secondary N) is 1. The van der Waals surface area contributed by atoms with Crippen molar-refractivity contribution in [3.63, 3.8) is 0 Å². The first kappa shape index (κ1) is 13.7. The summed E-state index contributed by atoms with van der Waals surface area (Å²) >= 11 is 0. The number of rotatable bonds is 2. The highest BCUT2D eigenvalue weighted by Crippen LogP contribution is 2.24. The molecule has 4 nitrogen and oxygen atoms in total.